The molecule has 1 aromatic rings. The molecule has 0 fully saturated rings. The van der Waals surface area contributed by atoms with Gasteiger partial charge in [-0.1, -0.05) is 6.92 Å². The van der Waals surface area contributed by atoms with Crippen molar-refractivity contribution in [1.29, 1.82) is 0 Å². The van der Waals surface area contributed by atoms with Crippen LogP contribution in [0.2, 0.25) is 0 Å². The van der Waals surface area contributed by atoms with E-state index in [4.69, 9.17) is 10.5 Å². The Bertz CT molecular complexity index is 306. The Balaban J connectivity index is 2.72. The van der Waals surface area contributed by atoms with Gasteiger partial charge in [-0.15, -0.1) is 0 Å². The molecule has 0 aliphatic carbocycles. The highest BCUT2D eigenvalue weighted by atomic mass is 16.5. The predicted octanol–water partition coefficient (Wildman–Crippen LogP) is 1.88. The zero-order chi connectivity index (χ0) is 10.4. The molecule has 0 aliphatic heterocycles. The summed E-state index contributed by atoms with van der Waals surface area (Å²) in [5.74, 6) is 1.22. The molecule has 2 N–H and O–H groups in total. The van der Waals surface area contributed by atoms with Crippen LogP contribution in [0.5, 0.6) is 5.88 Å². The molecular formula is C10H15N3O. The van der Waals surface area contributed by atoms with Crippen molar-refractivity contribution in [3.63, 3.8) is 0 Å². The number of nitrogens with zero attached hydrogens (tertiary/aromatic N) is 2. The van der Waals surface area contributed by atoms with Crippen LogP contribution in [-0.2, 0) is 0 Å². The minimum absolute atomic E-state index is 0.581. The number of methoxy groups -OCH3 is 1. The summed E-state index contributed by atoms with van der Waals surface area (Å²) in [6, 6.07) is 3.59. The highest BCUT2D eigenvalue weighted by Crippen LogP contribution is 2.14. The van der Waals surface area contributed by atoms with Crippen molar-refractivity contribution in [2.75, 3.05) is 7.11 Å². The van der Waals surface area contributed by atoms with Crippen LogP contribution in [-0.4, -0.2) is 17.9 Å². The Hall–Kier alpha value is -1.58. The average Bonchev–Trinajstić information content (AvgIpc) is 2.19. The molecule has 1 aromatic heterocycles. The number of pyridine rings is 1. The number of ether oxygens (including phenoxy) is 1. The summed E-state index contributed by atoms with van der Waals surface area (Å²) in [6.07, 6.45) is 3.45. The zero-order valence-corrected chi connectivity index (χ0v) is 8.53. The van der Waals surface area contributed by atoms with Crippen molar-refractivity contribution >= 4 is 11.5 Å². The number of rotatable bonds is 4. The maximum Gasteiger partial charge on any atom is 0.213 e. The molecule has 4 nitrogen and oxygen atoms in total. The molecule has 1 rings (SSSR count). The number of aliphatic imine (C=N–C) groups is 1. The van der Waals surface area contributed by atoms with Crippen LogP contribution in [0.4, 0.5) is 5.69 Å². The third kappa shape index (κ3) is 3.05. The number of aromatic nitrogens is 1. The minimum atomic E-state index is 0.581. The molecule has 0 saturated carbocycles. The minimum Gasteiger partial charge on any atom is -0.481 e. The maximum absolute atomic E-state index is 5.68. The SMILES string of the molecule is CCCC(N)=Nc1ccc(OC)nc1. The molecule has 0 atom stereocenters. The van der Waals surface area contributed by atoms with Crippen LogP contribution in [0, 0.1) is 0 Å². The van der Waals surface area contributed by atoms with Crippen LogP contribution in [0.3, 0.4) is 0 Å². The van der Waals surface area contributed by atoms with E-state index in [0.717, 1.165) is 18.5 Å². The lowest BCUT2D eigenvalue weighted by atomic mass is 10.3. The molecule has 0 unspecified atom stereocenters. The molecule has 0 aromatic carbocycles. The highest BCUT2D eigenvalue weighted by Gasteiger charge is 1.95. The average molecular weight is 193 g/mol. The van der Waals surface area contributed by atoms with Crippen LogP contribution in [0.25, 0.3) is 0 Å². The van der Waals surface area contributed by atoms with E-state index < -0.39 is 0 Å². The Labute approximate surface area is 83.8 Å². The molecule has 76 valence electrons. The lowest BCUT2D eigenvalue weighted by Gasteiger charge is -1.99. The quantitative estimate of drug-likeness (QED) is 0.586. The molecule has 1 heterocycles. The molecule has 0 bridgehead atoms. The van der Waals surface area contributed by atoms with E-state index in [1.165, 1.54) is 0 Å². The number of hydrogen-bond donors (Lipinski definition) is 1. The Morgan fingerprint density at radius 1 is 1.57 bits per heavy atom. The summed E-state index contributed by atoms with van der Waals surface area (Å²) in [4.78, 5) is 8.23. The van der Waals surface area contributed by atoms with Gasteiger partial charge < -0.3 is 10.5 Å². The second-order valence-electron chi connectivity index (χ2n) is 2.91. The summed E-state index contributed by atoms with van der Waals surface area (Å²) in [5, 5.41) is 0. The van der Waals surface area contributed by atoms with E-state index in [0.29, 0.717) is 11.7 Å². The summed E-state index contributed by atoms with van der Waals surface area (Å²) >= 11 is 0. The van der Waals surface area contributed by atoms with Gasteiger partial charge in [0.2, 0.25) is 5.88 Å². The standard InChI is InChI=1S/C10H15N3O/c1-3-4-9(11)13-8-5-6-10(14-2)12-7-8/h5-7H,3-4H2,1-2H3,(H2,11,13). The first kappa shape index (κ1) is 10.5. The van der Waals surface area contributed by atoms with Crippen LogP contribution < -0.4 is 10.5 Å². The molecule has 0 aliphatic rings. The summed E-state index contributed by atoms with van der Waals surface area (Å²) in [6.45, 7) is 2.06. The fourth-order valence-corrected chi connectivity index (χ4v) is 1.04. The van der Waals surface area contributed by atoms with Crippen molar-refractivity contribution in [2.24, 2.45) is 10.7 Å². The van der Waals surface area contributed by atoms with Gasteiger partial charge in [-0.2, -0.15) is 0 Å². The third-order valence-electron chi connectivity index (χ3n) is 1.71. The van der Waals surface area contributed by atoms with Crippen molar-refractivity contribution in [2.45, 2.75) is 19.8 Å². The monoisotopic (exact) mass is 193 g/mol. The molecule has 4 heteroatoms. The lowest BCUT2D eigenvalue weighted by molar-refractivity contribution is 0.398. The number of hydrogen-bond acceptors (Lipinski definition) is 3. The predicted molar refractivity (Wildman–Crippen MR) is 57.0 cm³/mol. The first-order valence-corrected chi connectivity index (χ1v) is 4.59. The molecular weight excluding hydrogens is 178 g/mol. The molecule has 0 spiro atoms. The first-order chi connectivity index (χ1) is 6.76. The molecule has 0 saturated heterocycles. The molecule has 14 heavy (non-hydrogen) atoms. The largest absolute Gasteiger partial charge is 0.481 e. The van der Waals surface area contributed by atoms with Crippen LogP contribution in [0.1, 0.15) is 19.8 Å². The number of amidine groups is 1. The Morgan fingerprint density at radius 3 is 2.86 bits per heavy atom. The normalized spacial score (nSPS) is 11.4. The summed E-state index contributed by atoms with van der Waals surface area (Å²) in [7, 11) is 1.58. The van der Waals surface area contributed by atoms with Crippen molar-refractivity contribution in [3.05, 3.63) is 18.3 Å². The van der Waals surface area contributed by atoms with Crippen molar-refractivity contribution < 1.29 is 4.74 Å². The Morgan fingerprint density at radius 2 is 2.36 bits per heavy atom. The Kier molecular flexibility index (Phi) is 3.91. The van der Waals surface area contributed by atoms with E-state index >= 15 is 0 Å². The van der Waals surface area contributed by atoms with Gasteiger partial charge in [-0.3, -0.25) is 0 Å². The smallest absolute Gasteiger partial charge is 0.213 e. The summed E-state index contributed by atoms with van der Waals surface area (Å²) in [5.41, 5.74) is 6.44. The van der Waals surface area contributed by atoms with E-state index in [1.54, 1.807) is 19.4 Å². The number of nitrogens with two attached hydrogens (primary N) is 1. The van der Waals surface area contributed by atoms with E-state index in [-0.39, 0.29) is 0 Å². The second-order valence-corrected chi connectivity index (χ2v) is 2.91. The summed E-state index contributed by atoms with van der Waals surface area (Å²) < 4.78 is 4.93. The van der Waals surface area contributed by atoms with Gasteiger partial charge in [-0.25, -0.2) is 9.98 Å². The lowest BCUT2D eigenvalue weighted by Crippen LogP contribution is -2.09. The van der Waals surface area contributed by atoms with Crippen molar-refractivity contribution in [3.8, 4) is 5.88 Å². The topological polar surface area (TPSA) is 60.5 Å². The molecule has 0 amide bonds. The van der Waals surface area contributed by atoms with Gasteiger partial charge in [0.1, 0.15) is 0 Å². The van der Waals surface area contributed by atoms with Gasteiger partial charge in [-0.05, 0) is 12.5 Å². The van der Waals surface area contributed by atoms with Gasteiger partial charge in [0.25, 0.3) is 0 Å². The highest BCUT2D eigenvalue weighted by molar-refractivity contribution is 5.82. The van der Waals surface area contributed by atoms with Crippen LogP contribution in [0.15, 0.2) is 23.3 Å². The fourth-order valence-electron chi connectivity index (χ4n) is 1.04. The zero-order valence-electron chi connectivity index (χ0n) is 8.53. The third-order valence-corrected chi connectivity index (χ3v) is 1.71. The van der Waals surface area contributed by atoms with Gasteiger partial charge in [0, 0.05) is 12.5 Å². The van der Waals surface area contributed by atoms with Crippen molar-refractivity contribution in [1.82, 2.24) is 4.98 Å². The van der Waals surface area contributed by atoms with E-state index in [9.17, 15) is 0 Å². The van der Waals surface area contributed by atoms with E-state index in [1.807, 2.05) is 6.07 Å². The van der Waals surface area contributed by atoms with Gasteiger partial charge >= 0.3 is 0 Å². The van der Waals surface area contributed by atoms with Crippen LogP contribution >= 0.6 is 0 Å². The second kappa shape index (κ2) is 5.21. The fraction of sp³-hybridized carbons (Fsp3) is 0.400. The van der Waals surface area contributed by atoms with Gasteiger partial charge in [0.15, 0.2) is 0 Å². The first-order valence-electron chi connectivity index (χ1n) is 4.59. The van der Waals surface area contributed by atoms with Gasteiger partial charge in [0.05, 0.1) is 24.8 Å². The van der Waals surface area contributed by atoms with E-state index in [2.05, 4.69) is 16.9 Å². The maximum atomic E-state index is 5.68. The molecule has 0 radical (unpaired) electrons.